The maximum absolute atomic E-state index is 12.0. The van der Waals surface area contributed by atoms with E-state index >= 15 is 0 Å². The Bertz CT molecular complexity index is 640. The number of ketones is 1. The zero-order valence-corrected chi connectivity index (χ0v) is 14.3. The van der Waals surface area contributed by atoms with Crippen molar-refractivity contribution in [2.45, 2.75) is 26.3 Å². The molecule has 0 heterocycles. The van der Waals surface area contributed by atoms with Gasteiger partial charge >= 0.3 is 0 Å². The molecule has 2 aromatic carbocycles. The van der Waals surface area contributed by atoms with E-state index < -0.39 is 11.0 Å². The van der Waals surface area contributed by atoms with Gasteiger partial charge in [0, 0.05) is 10.4 Å². The van der Waals surface area contributed by atoms with E-state index in [-0.39, 0.29) is 5.78 Å². The molecule has 0 amide bonds. The van der Waals surface area contributed by atoms with Gasteiger partial charge in [-0.2, -0.15) is 0 Å². The highest BCUT2D eigenvalue weighted by Gasteiger charge is 2.29. The minimum Gasteiger partial charge on any atom is -0.467 e. The Morgan fingerprint density at radius 1 is 0.955 bits per heavy atom. The first-order valence-electron chi connectivity index (χ1n) is 6.98. The van der Waals surface area contributed by atoms with Gasteiger partial charge in [-0.1, -0.05) is 68.2 Å². The van der Waals surface area contributed by atoms with Crippen molar-refractivity contribution < 1.29 is 9.53 Å². The van der Waals surface area contributed by atoms with Crippen molar-refractivity contribution in [1.82, 2.24) is 0 Å². The molecule has 4 heteroatoms. The molecule has 0 aromatic heterocycles. The van der Waals surface area contributed by atoms with Crippen molar-refractivity contribution in [1.29, 1.82) is 0 Å². The first-order chi connectivity index (χ1) is 10.3. The third kappa shape index (κ3) is 4.25. The summed E-state index contributed by atoms with van der Waals surface area (Å²) in [5.74, 6) is 0.422. The maximum atomic E-state index is 12.0. The van der Waals surface area contributed by atoms with E-state index in [0.29, 0.717) is 10.8 Å². The number of carbonyl (C=O) groups excluding carboxylic acids is 1. The molecule has 0 radical (unpaired) electrons. The number of benzene rings is 2. The Labute approximate surface area is 141 Å². The van der Waals surface area contributed by atoms with Gasteiger partial charge in [0.15, 0.2) is 5.78 Å². The van der Waals surface area contributed by atoms with Crippen LogP contribution in [0.5, 0.6) is 5.75 Å². The average molecular weight is 337 g/mol. The third-order valence-corrected chi connectivity index (χ3v) is 3.76. The van der Waals surface area contributed by atoms with Crippen LogP contribution < -0.4 is 4.74 Å². The Morgan fingerprint density at radius 3 is 1.86 bits per heavy atom. The highest BCUT2D eigenvalue weighted by atomic mass is 35.5. The molecular weight excluding hydrogens is 319 g/mol. The van der Waals surface area contributed by atoms with Gasteiger partial charge in [-0.3, -0.25) is 4.79 Å². The van der Waals surface area contributed by atoms with Crippen molar-refractivity contribution in [3.8, 4) is 16.9 Å². The van der Waals surface area contributed by atoms with Crippen LogP contribution in [0.2, 0.25) is 5.02 Å². The summed E-state index contributed by atoms with van der Waals surface area (Å²) in [4.78, 5) is 12.0. The lowest BCUT2D eigenvalue weighted by molar-refractivity contribution is -0.130. The first-order valence-corrected chi connectivity index (χ1v) is 7.80. The molecule has 116 valence electrons. The minimum atomic E-state index is -0.985. The predicted molar refractivity (Wildman–Crippen MR) is 91.6 cm³/mol. The highest BCUT2D eigenvalue weighted by Crippen LogP contribution is 2.26. The van der Waals surface area contributed by atoms with Crippen molar-refractivity contribution in [3.63, 3.8) is 0 Å². The Kier molecular flexibility index (Phi) is 5.15. The zero-order chi connectivity index (χ0) is 16.3. The lowest BCUT2D eigenvalue weighted by Gasteiger charge is -2.21. The SMILES string of the molecule is CC(C)(C)C(=O)C(Cl)Oc1ccc(-c2ccc(Cl)cc2)cc1. The Hall–Kier alpha value is -1.51. The van der Waals surface area contributed by atoms with Crippen molar-refractivity contribution in [2.24, 2.45) is 5.41 Å². The van der Waals surface area contributed by atoms with E-state index in [1.165, 1.54) is 0 Å². The van der Waals surface area contributed by atoms with Crippen molar-refractivity contribution >= 4 is 29.0 Å². The molecule has 22 heavy (non-hydrogen) atoms. The largest absolute Gasteiger partial charge is 0.467 e. The lowest BCUT2D eigenvalue weighted by atomic mass is 9.91. The van der Waals surface area contributed by atoms with Gasteiger partial charge in [-0.15, -0.1) is 0 Å². The number of rotatable bonds is 4. The number of hydrogen-bond acceptors (Lipinski definition) is 2. The van der Waals surface area contributed by atoms with E-state index in [4.69, 9.17) is 27.9 Å². The van der Waals surface area contributed by atoms with E-state index in [9.17, 15) is 4.79 Å². The second-order valence-corrected chi connectivity index (χ2v) is 6.91. The standard InChI is InChI=1S/C18H18Cl2O2/c1-18(2,3)16(21)17(20)22-15-10-6-13(7-11-15)12-4-8-14(19)9-5-12/h4-11,17H,1-3H3. The monoisotopic (exact) mass is 336 g/mol. The van der Waals surface area contributed by atoms with Crippen LogP contribution in [0, 0.1) is 5.41 Å². The summed E-state index contributed by atoms with van der Waals surface area (Å²) < 4.78 is 5.51. The summed E-state index contributed by atoms with van der Waals surface area (Å²) in [5.41, 5.74) is 0.582. The van der Waals surface area contributed by atoms with E-state index in [2.05, 4.69) is 0 Å². The summed E-state index contributed by atoms with van der Waals surface area (Å²) in [6.45, 7) is 5.45. The topological polar surface area (TPSA) is 26.3 Å². The molecule has 1 atom stereocenters. The molecule has 0 fully saturated rings. The molecule has 2 rings (SSSR count). The van der Waals surface area contributed by atoms with Crippen LogP contribution in [-0.4, -0.2) is 11.3 Å². The fourth-order valence-electron chi connectivity index (χ4n) is 1.88. The smallest absolute Gasteiger partial charge is 0.230 e. The van der Waals surface area contributed by atoms with Gasteiger partial charge < -0.3 is 4.74 Å². The van der Waals surface area contributed by atoms with E-state index in [1.54, 1.807) is 12.1 Å². The van der Waals surface area contributed by atoms with Gasteiger partial charge in [0.1, 0.15) is 5.75 Å². The molecule has 2 nitrogen and oxygen atoms in total. The second-order valence-electron chi connectivity index (χ2n) is 6.08. The summed E-state index contributed by atoms with van der Waals surface area (Å²) >= 11 is 11.9. The molecule has 0 aliphatic carbocycles. The lowest BCUT2D eigenvalue weighted by Crippen LogP contribution is -2.32. The molecular formula is C18H18Cl2O2. The van der Waals surface area contributed by atoms with Crippen LogP contribution in [0.4, 0.5) is 0 Å². The first kappa shape index (κ1) is 16.9. The summed E-state index contributed by atoms with van der Waals surface area (Å²) in [7, 11) is 0. The molecule has 0 spiro atoms. The van der Waals surface area contributed by atoms with Crippen LogP contribution in [0.1, 0.15) is 20.8 Å². The van der Waals surface area contributed by atoms with Crippen LogP contribution >= 0.6 is 23.2 Å². The summed E-state index contributed by atoms with van der Waals surface area (Å²) in [6, 6.07) is 15.0. The molecule has 2 aromatic rings. The fourth-order valence-corrected chi connectivity index (χ4v) is 2.44. The zero-order valence-electron chi connectivity index (χ0n) is 12.8. The number of hydrogen-bond donors (Lipinski definition) is 0. The van der Waals surface area contributed by atoms with Crippen LogP contribution in [0.15, 0.2) is 48.5 Å². The maximum Gasteiger partial charge on any atom is 0.230 e. The molecule has 0 saturated heterocycles. The number of ether oxygens (including phenoxy) is 1. The number of alkyl halides is 1. The number of Topliss-reactive ketones (excluding diaryl/α,β-unsaturated/α-hetero) is 1. The molecule has 0 aliphatic rings. The normalized spacial score (nSPS) is 12.8. The minimum absolute atomic E-state index is 0.143. The van der Waals surface area contributed by atoms with E-state index in [1.807, 2.05) is 57.2 Å². The fraction of sp³-hybridized carbons (Fsp3) is 0.278. The predicted octanol–water partition coefficient (Wildman–Crippen LogP) is 5.57. The molecule has 0 aliphatic heterocycles. The summed E-state index contributed by atoms with van der Waals surface area (Å²) in [5, 5.41) is 0.703. The molecule has 0 saturated carbocycles. The van der Waals surface area contributed by atoms with Crippen molar-refractivity contribution in [3.05, 3.63) is 53.6 Å². The van der Waals surface area contributed by atoms with Crippen LogP contribution in [-0.2, 0) is 4.79 Å². The number of halogens is 2. The van der Waals surface area contributed by atoms with Gasteiger partial charge in [-0.25, -0.2) is 0 Å². The average Bonchev–Trinajstić information content (AvgIpc) is 2.47. The summed E-state index contributed by atoms with van der Waals surface area (Å²) in [6.07, 6.45) is 0. The third-order valence-electron chi connectivity index (χ3n) is 3.22. The van der Waals surface area contributed by atoms with Gasteiger partial charge in [0.05, 0.1) is 0 Å². The molecule has 1 unspecified atom stereocenters. The van der Waals surface area contributed by atoms with Gasteiger partial charge in [-0.05, 0) is 35.4 Å². The second kappa shape index (κ2) is 6.72. The van der Waals surface area contributed by atoms with Gasteiger partial charge in [0.25, 0.3) is 0 Å². The number of carbonyl (C=O) groups is 1. The van der Waals surface area contributed by atoms with Crippen LogP contribution in [0.3, 0.4) is 0 Å². The Morgan fingerprint density at radius 2 is 1.41 bits per heavy atom. The molecule has 0 N–H and O–H groups in total. The molecule has 0 bridgehead atoms. The van der Waals surface area contributed by atoms with Gasteiger partial charge in [0.2, 0.25) is 5.56 Å². The quantitative estimate of drug-likeness (QED) is 0.682. The van der Waals surface area contributed by atoms with E-state index in [0.717, 1.165) is 11.1 Å². The van der Waals surface area contributed by atoms with Crippen molar-refractivity contribution in [2.75, 3.05) is 0 Å². The highest BCUT2D eigenvalue weighted by molar-refractivity contribution is 6.31. The Balaban J connectivity index is 2.09. The van der Waals surface area contributed by atoms with Crippen LogP contribution in [0.25, 0.3) is 11.1 Å².